The molecule has 1 aliphatic heterocycles. The van der Waals surface area contributed by atoms with Crippen molar-refractivity contribution in [3.8, 4) is 0 Å². The average molecular weight is 1040 g/mol. The maximum absolute atomic E-state index is 14.3. The Morgan fingerprint density at radius 2 is 0.803 bits per heavy atom. The fourth-order valence-corrected chi connectivity index (χ4v) is 7.19. The van der Waals surface area contributed by atoms with Gasteiger partial charge in [0.1, 0.15) is 47.3 Å². The van der Waals surface area contributed by atoms with Gasteiger partial charge in [0.2, 0.25) is 47.3 Å². The minimum absolute atomic E-state index is 0.161. The van der Waals surface area contributed by atoms with Crippen LogP contribution in [0.1, 0.15) is 37.9 Å². The molecule has 11 amide bonds. The highest BCUT2D eigenvalue weighted by atomic mass is 16.2. The molecule has 0 aliphatic carbocycles. The van der Waals surface area contributed by atoms with Gasteiger partial charge < -0.3 is 64.6 Å². The molecule has 29 nitrogen and oxygen atoms in total. The van der Waals surface area contributed by atoms with Gasteiger partial charge in [-0.2, -0.15) is 0 Å². The monoisotopic (exact) mass is 1040 g/mol. The highest BCUT2D eigenvalue weighted by molar-refractivity contribution is 6.00. The summed E-state index contributed by atoms with van der Waals surface area (Å²) in [4.78, 5) is 174. The van der Waals surface area contributed by atoms with Crippen LogP contribution in [0.4, 0.5) is 0 Å². The number of rotatable bonds is 11. The van der Waals surface area contributed by atoms with Crippen LogP contribution in [0.3, 0.4) is 0 Å². The molecule has 3 aromatic heterocycles. The standard InChI is InChI=1S/C47H48N18O11/c48-14-30-46(75)65-36(20-55-43(72)33-17-52-25-9-3-6-12-28(25)60-33)47(76)64-35(19-54-42(71)32-16-51-24-8-2-5-11-27(24)59-32)45(74)57-22-39(68)63-34(18-53-41(70)31-15-50-23-7-1-4-10-26(23)58-31)44(73)56-21-38(67)61-29(40(49)69)13-37(66)62-30/h1-12,15-17,29-30,34-36H,13-14,18-22,48H2,(H2,49,69)(H,53,70)(H,54,71)(H,55,72)(H,56,73)(H,57,74)(H,61,67)(H,62,66)(H,63,68)(H,64,76)(H,65,75)/t29-,30?,34?,35?,36?/m0/s1. The van der Waals surface area contributed by atoms with E-state index < -0.39 is 141 Å². The second-order valence-corrected chi connectivity index (χ2v) is 16.6. The molecule has 29 heteroatoms. The van der Waals surface area contributed by atoms with Crippen LogP contribution >= 0.6 is 0 Å². The Morgan fingerprint density at radius 1 is 0.461 bits per heavy atom. The number of amides is 11. The van der Waals surface area contributed by atoms with E-state index in [1.165, 1.54) is 18.6 Å². The molecule has 1 aliphatic rings. The molecule has 1 fully saturated rings. The van der Waals surface area contributed by atoms with Crippen LogP contribution in [0.25, 0.3) is 33.1 Å². The SMILES string of the molecule is NCC1NC(=O)C[C@@H](C(N)=O)NC(=O)CNC(=O)C(CNC(=O)c2cnc3ccccc3n2)NC(=O)CNC(=O)C(CNC(=O)c2cnc3ccccc3n2)NC(=O)C(CNC(=O)c2cnc3ccccc3n2)NC1=O. The highest BCUT2D eigenvalue weighted by Gasteiger charge is 2.33. The molecule has 4 unspecified atom stereocenters. The van der Waals surface area contributed by atoms with E-state index in [0.29, 0.717) is 33.1 Å². The molecule has 0 spiro atoms. The predicted octanol–water partition coefficient (Wildman–Crippen LogP) is -5.39. The van der Waals surface area contributed by atoms with E-state index in [1.807, 2.05) is 0 Å². The molecule has 6 aromatic rings. The van der Waals surface area contributed by atoms with Crippen molar-refractivity contribution < 1.29 is 52.7 Å². The minimum atomic E-state index is -1.80. The summed E-state index contributed by atoms with van der Waals surface area (Å²) in [6, 6.07) is 11.3. The van der Waals surface area contributed by atoms with Gasteiger partial charge in [-0.1, -0.05) is 36.4 Å². The maximum Gasteiger partial charge on any atom is 0.271 e. The summed E-state index contributed by atoms with van der Waals surface area (Å²) in [6.45, 7) is -4.44. The number of nitrogens with two attached hydrogens (primary N) is 2. The lowest BCUT2D eigenvalue weighted by Gasteiger charge is -2.26. The van der Waals surface area contributed by atoms with Crippen LogP contribution in [-0.2, 0) is 38.4 Å². The van der Waals surface area contributed by atoms with Crippen molar-refractivity contribution in [2.24, 2.45) is 11.5 Å². The summed E-state index contributed by atoms with van der Waals surface area (Å²) in [5.41, 5.74) is 13.3. The third-order valence-corrected chi connectivity index (χ3v) is 11.2. The second-order valence-electron chi connectivity index (χ2n) is 16.6. The van der Waals surface area contributed by atoms with E-state index in [0.717, 1.165) is 0 Å². The van der Waals surface area contributed by atoms with Crippen molar-refractivity contribution in [3.63, 3.8) is 0 Å². The van der Waals surface area contributed by atoms with Crippen LogP contribution in [0.15, 0.2) is 91.4 Å². The fourth-order valence-electron chi connectivity index (χ4n) is 7.19. The number of fused-ring (bicyclic) bond motifs is 3. The van der Waals surface area contributed by atoms with E-state index in [4.69, 9.17) is 11.5 Å². The Balaban J connectivity index is 1.15. The summed E-state index contributed by atoms with van der Waals surface area (Å²) < 4.78 is 0. The zero-order valence-corrected chi connectivity index (χ0v) is 39.8. The third kappa shape index (κ3) is 14.3. The van der Waals surface area contributed by atoms with E-state index in [2.05, 4.69) is 83.1 Å². The van der Waals surface area contributed by atoms with Crippen molar-refractivity contribution in [2.45, 2.75) is 36.6 Å². The van der Waals surface area contributed by atoms with Gasteiger partial charge in [0.25, 0.3) is 17.7 Å². The molecule has 0 saturated carbocycles. The Kier molecular flexibility index (Phi) is 17.6. The van der Waals surface area contributed by atoms with Crippen LogP contribution in [0, 0.1) is 0 Å². The topological polar surface area (TPSA) is 437 Å². The first-order chi connectivity index (χ1) is 36.5. The number of carbonyl (C=O) groups excluding carboxylic acids is 11. The van der Waals surface area contributed by atoms with Gasteiger partial charge in [-0.3, -0.25) is 67.7 Å². The Hall–Kier alpha value is -10.2. The minimum Gasteiger partial charge on any atom is -0.368 e. The molecule has 0 radical (unpaired) electrons. The van der Waals surface area contributed by atoms with Gasteiger partial charge in [-0.15, -0.1) is 0 Å². The largest absolute Gasteiger partial charge is 0.368 e. The van der Waals surface area contributed by atoms with Gasteiger partial charge in [0, 0.05) is 26.2 Å². The number of nitrogens with one attached hydrogen (secondary N) is 10. The number of carbonyl (C=O) groups is 11. The molecule has 0 bridgehead atoms. The summed E-state index contributed by atoms with van der Waals surface area (Å²) in [6.07, 6.45) is 2.66. The normalized spacial score (nSPS) is 19.4. The first-order valence-corrected chi connectivity index (χ1v) is 23.1. The Labute approximate surface area is 428 Å². The lowest BCUT2D eigenvalue weighted by Crippen LogP contribution is -2.62. The van der Waals surface area contributed by atoms with Crippen molar-refractivity contribution >= 4 is 98.1 Å². The van der Waals surface area contributed by atoms with Gasteiger partial charge in [-0.05, 0) is 36.4 Å². The predicted molar refractivity (Wildman–Crippen MR) is 264 cm³/mol. The van der Waals surface area contributed by atoms with Crippen LogP contribution in [0.2, 0.25) is 0 Å². The van der Waals surface area contributed by atoms with Gasteiger partial charge in [0.15, 0.2) is 0 Å². The van der Waals surface area contributed by atoms with Crippen LogP contribution in [-0.4, -0.2) is 164 Å². The molecule has 4 heterocycles. The number of nitrogens with zero attached hydrogens (tertiary/aromatic N) is 6. The summed E-state index contributed by atoms with van der Waals surface area (Å²) >= 11 is 0. The number of primary amides is 1. The molecule has 5 atom stereocenters. The molecule has 3 aromatic carbocycles. The summed E-state index contributed by atoms with van der Waals surface area (Å²) in [5, 5.41) is 23.5. The highest BCUT2D eigenvalue weighted by Crippen LogP contribution is 2.11. The van der Waals surface area contributed by atoms with E-state index in [-0.39, 0.29) is 17.1 Å². The number of aromatic nitrogens is 6. The maximum atomic E-state index is 14.3. The van der Waals surface area contributed by atoms with Crippen LogP contribution in [0.5, 0.6) is 0 Å². The number of benzene rings is 3. The number of para-hydroxylation sites is 6. The molecule has 392 valence electrons. The van der Waals surface area contributed by atoms with Crippen molar-refractivity contribution in [2.75, 3.05) is 39.3 Å². The van der Waals surface area contributed by atoms with Crippen LogP contribution < -0.4 is 64.6 Å². The zero-order chi connectivity index (χ0) is 54.3. The smallest absolute Gasteiger partial charge is 0.271 e. The number of hydrogen-bond donors (Lipinski definition) is 12. The quantitative estimate of drug-likeness (QED) is 0.0576. The van der Waals surface area contributed by atoms with Gasteiger partial charge in [0.05, 0.1) is 71.2 Å². The van der Waals surface area contributed by atoms with Crippen molar-refractivity contribution in [1.29, 1.82) is 0 Å². The third-order valence-electron chi connectivity index (χ3n) is 11.2. The fraction of sp³-hybridized carbons (Fsp3) is 0.255. The van der Waals surface area contributed by atoms with Gasteiger partial charge >= 0.3 is 0 Å². The molecule has 76 heavy (non-hydrogen) atoms. The Bertz CT molecular complexity index is 3270. The molecule has 1 saturated heterocycles. The van der Waals surface area contributed by atoms with Gasteiger partial charge in [-0.25, -0.2) is 15.0 Å². The molecular weight excluding hydrogens is 993 g/mol. The zero-order valence-electron chi connectivity index (χ0n) is 39.8. The van der Waals surface area contributed by atoms with E-state index in [1.54, 1.807) is 72.8 Å². The number of hydrogen-bond acceptors (Lipinski definition) is 18. The molecule has 14 N–H and O–H groups in total. The van der Waals surface area contributed by atoms with E-state index >= 15 is 0 Å². The average Bonchev–Trinajstić information content (AvgIpc) is 3.43. The second kappa shape index (κ2) is 25.0. The Morgan fingerprint density at radius 3 is 1.20 bits per heavy atom. The first kappa shape index (κ1) is 53.6. The lowest BCUT2D eigenvalue weighted by molar-refractivity contribution is -0.134. The summed E-state index contributed by atoms with van der Waals surface area (Å²) in [5.74, 6) is -11.4. The van der Waals surface area contributed by atoms with E-state index in [9.17, 15) is 52.7 Å². The molecular formula is C47H48N18O11. The molecule has 7 rings (SSSR count). The summed E-state index contributed by atoms with van der Waals surface area (Å²) in [7, 11) is 0. The van der Waals surface area contributed by atoms with Crippen molar-refractivity contribution in [3.05, 3.63) is 108 Å². The first-order valence-electron chi connectivity index (χ1n) is 23.1. The van der Waals surface area contributed by atoms with Crippen molar-refractivity contribution in [1.82, 2.24) is 83.1 Å². The lowest BCUT2D eigenvalue weighted by atomic mass is 10.1.